The standard InChI is InChI=1S/C15H18N2O2/c1-16-6-8-17(9-7-16)10-12-11-19-14-5-3-2-4-13(14)15(12)18/h2-5,11H,6-10H2,1H3/p+2. The molecule has 0 atom stereocenters. The van der Waals surface area contributed by atoms with Crippen molar-refractivity contribution in [3.63, 3.8) is 0 Å². The van der Waals surface area contributed by atoms with Crippen LogP contribution in [0.1, 0.15) is 5.56 Å². The Labute approximate surface area is 112 Å². The third kappa shape index (κ3) is 2.55. The summed E-state index contributed by atoms with van der Waals surface area (Å²) in [6.45, 7) is 5.37. The zero-order valence-corrected chi connectivity index (χ0v) is 11.2. The molecule has 1 saturated heterocycles. The maximum Gasteiger partial charge on any atom is 0.201 e. The molecule has 1 fully saturated rings. The van der Waals surface area contributed by atoms with E-state index < -0.39 is 0 Å². The van der Waals surface area contributed by atoms with Gasteiger partial charge in [0.2, 0.25) is 5.43 Å². The number of hydrogen-bond acceptors (Lipinski definition) is 2. The lowest BCUT2D eigenvalue weighted by atomic mass is 10.1. The Hall–Kier alpha value is -1.65. The Morgan fingerprint density at radius 2 is 1.89 bits per heavy atom. The van der Waals surface area contributed by atoms with E-state index in [1.165, 1.54) is 18.0 Å². The Morgan fingerprint density at radius 1 is 1.16 bits per heavy atom. The van der Waals surface area contributed by atoms with Crippen LogP contribution in [0, 0.1) is 0 Å². The number of nitrogens with one attached hydrogen (secondary N) is 2. The highest BCUT2D eigenvalue weighted by molar-refractivity contribution is 5.76. The summed E-state index contributed by atoms with van der Waals surface area (Å²) in [5.41, 5.74) is 1.60. The first-order chi connectivity index (χ1) is 9.24. The van der Waals surface area contributed by atoms with Crippen molar-refractivity contribution >= 4 is 11.0 Å². The summed E-state index contributed by atoms with van der Waals surface area (Å²) in [4.78, 5) is 15.4. The van der Waals surface area contributed by atoms with Crippen molar-refractivity contribution in [1.82, 2.24) is 0 Å². The minimum atomic E-state index is 0.126. The first-order valence-corrected chi connectivity index (χ1v) is 6.88. The van der Waals surface area contributed by atoms with E-state index in [0.717, 1.165) is 25.2 Å². The molecule has 0 radical (unpaired) electrons. The average molecular weight is 260 g/mol. The SMILES string of the molecule is C[NH+]1CC[NH+](Cc2coc3ccccc3c2=O)CC1. The molecule has 0 amide bonds. The summed E-state index contributed by atoms with van der Waals surface area (Å²) in [5.74, 6) is 0. The van der Waals surface area contributed by atoms with Gasteiger partial charge in [-0.05, 0) is 12.1 Å². The van der Waals surface area contributed by atoms with Crippen LogP contribution in [0.3, 0.4) is 0 Å². The van der Waals surface area contributed by atoms with Gasteiger partial charge in [0.1, 0.15) is 44.6 Å². The zero-order chi connectivity index (χ0) is 13.2. The predicted molar refractivity (Wildman–Crippen MR) is 73.5 cm³/mol. The van der Waals surface area contributed by atoms with Gasteiger partial charge < -0.3 is 14.2 Å². The van der Waals surface area contributed by atoms with E-state index in [0.29, 0.717) is 11.0 Å². The number of hydrogen-bond donors (Lipinski definition) is 2. The van der Waals surface area contributed by atoms with Crippen LogP contribution in [-0.4, -0.2) is 33.2 Å². The molecular formula is C15H20N2O2+2. The van der Waals surface area contributed by atoms with E-state index in [1.807, 2.05) is 24.3 Å². The van der Waals surface area contributed by atoms with Gasteiger partial charge in [-0.2, -0.15) is 0 Å². The van der Waals surface area contributed by atoms with Crippen molar-refractivity contribution in [2.24, 2.45) is 0 Å². The summed E-state index contributed by atoms with van der Waals surface area (Å²) >= 11 is 0. The summed E-state index contributed by atoms with van der Waals surface area (Å²) in [6, 6.07) is 7.45. The average Bonchev–Trinajstić information content (AvgIpc) is 2.45. The van der Waals surface area contributed by atoms with Gasteiger partial charge in [0.15, 0.2) is 0 Å². The molecule has 0 spiro atoms. The highest BCUT2D eigenvalue weighted by Crippen LogP contribution is 2.09. The monoisotopic (exact) mass is 260 g/mol. The molecule has 0 bridgehead atoms. The van der Waals surface area contributed by atoms with Crippen LogP contribution in [0.4, 0.5) is 0 Å². The molecule has 100 valence electrons. The maximum atomic E-state index is 12.4. The van der Waals surface area contributed by atoms with Gasteiger partial charge in [0.25, 0.3) is 0 Å². The van der Waals surface area contributed by atoms with Gasteiger partial charge in [-0.25, -0.2) is 0 Å². The lowest BCUT2D eigenvalue weighted by Gasteiger charge is -2.27. The van der Waals surface area contributed by atoms with E-state index in [1.54, 1.807) is 11.2 Å². The second-order valence-electron chi connectivity index (χ2n) is 5.47. The molecule has 0 unspecified atom stereocenters. The number of benzene rings is 1. The van der Waals surface area contributed by atoms with Crippen LogP contribution >= 0.6 is 0 Å². The number of quaternary nitrogens is 2. The van der Waals surface area contributed by atoms with Gasteiger partial charge in [0, 0.05) is 0 Å². The fraction of sp³-hybridized carbons (Fsp3) is 0.400. The molecule has 19 heavy (non-hydrogen) atoms. The molecule has 1 aliphatic heterocycles. The smallest absolute Gasteiger partial charge is 0.201 e. The van der Waals surface area contributed by atoms with E-state index in [9.17, 15) is 4.79 Å². The summed E-state index contributed by atoms with van der Waals surface area (Å²) < 4.78 is 5.57. The van der Waals surface area contributed by atoms with E-state index in [4.69, 9.17) is 4.42 Å². The fourth-order valence-corrected chi connectivity index (χ4v) is 2.72. The van der Waals surface area contributed by atoms with Crippen molar-refractivity contribution < 1.29 is 14.2 Å². The van der Waals surface area contributed by atoms with Gasteiger partial charge >= 0.3 is 0 Å². The second kappa shape index (κ2) is 5.15. The highest BCUT2D eigenvalue weighted by Gasteiger charge is 2.21. The topological polar surface area (TPSA) is 39.1 Å². The molecule has 2 aromatic rings. The quantitative estimate of drug-likeness (QED) is 0.705. The van der Waals surface area contributed by atoms with Crippen molar-refractivity contribution in [2.45, 2.75) is 6.54 Å². The van der Waals surface area contributed by atoms with Crippen LogP contribution in [0.15, 0.2) is 39.7 Å². The first-order valence-electron chi connectivity index (χ1n) is 6.88. The van der Waals surface area contributed by atoms with Gasteiger partial charge in [-0.15, -0.1) is 0 Å². The molecular weight excluding hydrogens is 240 g/mol. The lowest BCUT2D eigenvalue weighted by molar-refractivity contribution is -1.01. The van der Waals surface area contributed by atoms with Crippen molar-refractivity contribution in [3.8, 4) is 0 Å². The van der Waals surface area contributed by atoms with Crippen LogP contribution in [0.25, 0.3) is 11.0 Å². The molecule has 2 N–H and O–H groups in total. The first kappa shape index (κ1) is 12.4. The van der Waals surface area contributed by atoms with E-state index >= 15 is 0 Å². The summed E-state index contributed by atoms with van der Waals surface area (Å²) in [5, 5.41) is 0.694. The molecule has 4 nitrogen and oxygen atoms in total. The predicted octanol–water partition coefficient (Wildman–Crippen LogP) is -1.29. The Bertz CT molecular complexity index is 627. The Kier molecular flexibility index (Phi) is 3.36. The molecule has 0 aliphatic carbocycles. The fourth-order valence-electron chi connectivity index (χ4n) is 2.72. The van der Waals surface area contributed by atoms with E-state index in [-0.39, 0.29) is 5.43 Å². The third-order valence-electron chi connectivity index (χ3n) is 4.00. The molecule has 1 aromatic carbocycles. The number of piperazine rings is 1. The number of rotatable bonds is 2. The third-order valence-corrected chi connectivity index (χ3v) is 4.00. The normalized spacial score (nSPS) is 23.6. The minimum absolute atomic E-state index is 0.126. The largest absolute Gasteiger partial charge is 0.464 e. The maximum absolute atomic E-state index is 12.4. The number of fused-ring (bicyclic) bond motifs is 1. The highest BCUT2D eigenvalue weighted by atomic mass is 16.3. The van der Waals surface area contributed by atoms with Gasteiger partial charge in [-0.1, -0.05) is 12.1 Å². The van der Waals surface area contributed by atoms with Gasteiger partial charge in [-0.3, -0.25) is 4.79 Å². The van der Waals surface area contributed by atoms with Crippen molar-refractivity contribution in [3.05, 3.63) is 46.3 Å². The van der Waals surface area contributed by atoms with Crippen LogP contribution < -0.4 is 15.2 Å². The van der Waals surface area contributed by atoms with Gasteiger partial charge in [0.05, 0.1) is 18.0 Å². The second-order valence-corrected chi connectivity index (χ2v) is 5.47. The molecule has 2 heterocycles. The summed E-state index contributed by atoms with van der Waals surface area (Å²) in [6.07, 6.45) is 1.64. The van der Waals surface area contributed by atoms with E-state index in [2.05, 4.69) is 7.05 Å². The van der Waals surface area contributed by atoms with Crippen molar-refractivity contribution in [2.75, 3.05) is 33.2 Å². The molecule has 1 aliphatic rings. The Morgan fingerprint density at radius 3 is 2.68 bits per heavy atom. The zero-order valence-electron chi connectivity index (χ0n) is 11.2. The molecule has 3 rings (SSSR count). The molecule has 0 saturated carbocycles. The summed E-state index contributed by atoms with van der Waals surface area (Å²) in [7, 11) is 2.22. The van der Waals surface area contributed by atoms with Crippen molar-refractivity contribution in [1.29, 1.82) is 0 Å². The van der Waals surface area contributed by atoms with Crippen LogP contribution in [-0.2, 0) is 6.54 Å². The minimum Gasteiger partial charge on any atom is -0.464 e. The van der Waals surface area contributed by atoms with Crippen LogP contribution in [0.2, 0.25) is 0 Å². The van der Waals surface area contributed by atoms with Crippen LogP contribution in [0.5, 0.6) is 0 Å². The Balaban J connectivity index is 1.85. The molecule has 4 heteroatoms. The number of para-hydroxylation sites is 1. The lowest BCUT2D eigenvalue weighted by Crippen LogP contribution is -3.26. The number of likely N-dealkylation sites (N-methyl/N-ethyl adjacent to an activating group) is 1. The molecule has 1 aromatic heterocycles.